The summed E-state index contributed by atoms with van der Waals surface area (Å²) in [5.74, 6) is 0.691. The van der Waals surface area contributed by atoms with Crippen molar-refractivity contribution in [3.8, 4) is 22.5 Å². The maximum absolute atomic E-state index is 12.6. The first kappa shape index (κ1) is 19.0. The Balaban J connectivity index is 1.25. The lowest BCUT2D eigenvalue weighted by molar-refractivity contribution is 0.102. The van der Waals surface area contributed by atoms with Crippen molar-refractivity contribution in [1.29, 1.82) is 0 Å². The third-order valence-electron chi connectivity index (χ3n) is 5.41. The Morgan fingerprint density at radius 3 is 2.29 bits per heavy atom. The summed E-state index contributed by atoms with van der Waals surface area (Å²) in [6.07, 6.45) is 2.42. The fourth-order valence-electron chi connectivity index (χ4n) is 3.71. The molecule has 2 N–H and O–H groups in total. The van der Waals surface area contributed by atoms with Crippen LogP contribution in [0.4, 0.5) is 11.5 Å². The molecule has 7 heteroatoms. The van der Waals surface area contributed by atoms with E-state index in [2.05, 4.69) is 30.6 Å². The van der Waals surface area contributed by atoms with Crippen molar-refractivity contribution in [3.05, 3.63) is 78.5 Å². The van der Waals surface area contributed by atoms with Gasteiger partial charge in [0, 0.05) is 29.9 Å². The molecule has 0 aliphatic carbocycles. The van der Waals surface area contributed by atoms with Crippen molar-refractivity contribution in [2.45, 2.75) is 12.8 Å². The minimum atomic E-state index is -0.239. The number of nitrogens with zero attached hydrogens (tertiary/aromatic N) is 4. The van der Waals surface area contributed by atoms with Crippen molar-refractivity contribution in [2.75, 3.05) is 23.3 Å². The lowest BCUT2D eigenvalue weighted by Gasteiger charge is -2.15. The molecular weight excluding hydrogens is 388 g/mol. The van der Waals surface area contributed by atoms with Gasteiger partial charge in [-0.05, 0) is 43.2 Å². The van der Waals surface area contributed by atoms with Crippen molar-refractivity contribution in [2.24, 2.45) is 0 Å². The second-order valence-electron chi connectivity index (χ2n) is 7.54. The zero-order chi connectivity index (χ0) is 21.0. The van der Waals surface area contributed by atoms with Crippen molar-refractivity contribution < 1.29 is 4.79 Å². The van der Waals surface area contributed by atoms with E-state index in [1.807, 2.05) is 66.7 Å². The molecule has 7 nitrogen and oxygen atoms in total. The van der Waals surface area contributed by atoms with Crippen LogP contribution in [-0.2, 0) is 0 Å². The number of H-pyrrole nitrogens is 1. The van der Waals surface area contributed by atoms with E-state index in [1.54, 1.807) is 6.07 Å². The molecule has 1 amide bonds. The molecule has 154 valence electrons. The minimum absolute atomic E-state index is 0.239. The van der Waals surface area contributed by atoms with Crippen molar-refractivity contribution in [1.82, 2.24) is 20.4 Å². The van der Waals surface area contributed by atoms with Crippen molar-refractivity contribution >= 4 is 17.4 Å². The van der Waals surface area contributed by atoms with E-state index < -0.39 is 0 Å². The molecule has 4 aromatic rings. The number of carbonyl (C=O) groups is 1. The smallest absolute Gasteiger partial charge is 0.273 e. The van der Waals surface area contributed by atoms with Crippen LogP contribution in [0.5, 0.6) is 0 Å². The third kappa shape index (κ3) is 4.16. The Kier molecular flexibility index (Phi) is 5.14. The molecule has 31 heavy (non-hydrogen) atoms. The number of aromatic nitrogens is 4. The Bertz CT molecular complexity index is 1160. The van der Waals surface area contributed by atoms with Gasteiger partial charge in [-0.25, -0.2) is 0 Å². The number of hydrogen-bond acceptors (Lipinski definition) is 5. The maximum atomic E-state index is 12.6. The molecule has 1 saturated heterocycles. The molecule has 0 saturated carbocycles. The molecule has 0 radical (unpaired) electrons. The molecule has 3 heterocycles. The summed E-state index contributed by atoms with van der Waals surface area (Å²) in [6, 6.07) is 23.1. The quantitative estimate of drug-likeness (QED) is 0.510. The fourth-order valence-corrected chi connectivity index (χ4v) is 3.71. The highest BCUT2D eigenvalue weighted by Gasteiger charge is 2.14. The first-order valence-electron chi connectivity index (χ1n) is 10.4. The lowest BCUT2D eigenvalue weighted by atomic mass is 10.1. The van der Waals surface area contributed by atoms with Gasteiger partial charge in [-0.1, -0.05) is 42.5 Å². The molecule has 0 atom stereocenters. The highest BCUT2D eigenvalue weighted by atomic mass is 16.1. The van der Waals surface area contributed by atoms with E-state index in [4.69, 9.17) is 0 Å². The zero-order valence-electron chi connectivity index (χ0n) is 17.0. The Hall–Kier alpha value is -4.00. The van der Waals surface area contributed by atoms with E-state index in [9.17, 15) is 4.79 Å². The molecular formula is C24H22N6O. The van der Waals surface area contributed by atoms with Gasteiger partial charge < -0.3 is 10.2 Å². The van der Waals surface area contributed by atoms with Crippen LogP contribution in [0.25, 0.3) is 22.5 Å². The molecule has 0 bridgehead atoms. The monoisotopic (exact) mass is 410 g/mol. The molecule has 5 rings (SSSR count). The average molecular weight is 410 g/mol. The molecule has 0 spiro atoms. The highest BCUT2D eigenvalue weighted by molar-refractivity contribution is 6.03. The van der Waals surface area contributed by atoms with Crippen LogP contribution >= 0.6 is 0 Å². The first-order chi connectivity index (χ1) is 15.3. The van der Waals surface area contributed by atoms with Crippen LogP contribution in [-0.4, -0.2) is 39.4 Å². The summed E-state index contributed by atoms with van der Waals surface area (Å²) in [5.41, 5.74) is 4.56. The summed E-state index contributed by atoms with van der Waals surface area (Å²) in [7, 11) is 0. The van der Waals surface area contributed by atoms with Gasteiger partial charge in [-0.3, -0.25) is 9.89 Å². The second kappa shape index (κ2) is 8.39. The normalized spacial score (nSPS) is 13.4. The van der Waals surface area contributed by atoms with Gasteiger partial charge in [0.25, 0.3) is 5.91 Å². The predicted molar refractivity (Wildman–Crippen MR) is 121 cm³/mol. The number of nitrogens with one attached hydrogen (secondary N) is 2. The summed E-state index contributed by atoms with van der Waals surface area (Å²) < 4.78 is 0. The van der Waals surface area contributed by atoms with E-state index in [-0.39, 0.29) is 5.91 Å². The maximum Gasteiger partial charge on any atom is 0.273 e. The number of amides is 1. The van der Waals surface area contributed by atoms with Gasteiger partial charge in [-0.15, -0.1) is 10.2 Å². The number of benzene rings is 2. The van der Waals surface area contributed by atoms with E-state index in [0.717, 1.165) is 41.4 Å². The summed E-state index contributed by atoms with van der Waals surface area (Å²) >= 11 is 0. The van der Waals surface area contributed by atoms with Crippen LogP contribution in [0.1, 0.15) is 23.3 Å². The third-order valence-corrected chi connectivity index (χ3v) is 5.41. The summed E-state index contributed by atoms with van der Waals surface area (Å²) in [6.45, 7) is 2.09. The molecule has 2 aromatic heterocycles. The molecule has 2 aromatic carbocycles. The summed E-state index contributed by atoms with van der Waals surface area (Å²) in [4.78, 5) is 14.8. The Morgan fingerprint density at radius 1 is 0.839 bits per heavy atom. The van der Waals surface area contributed by atoms with E-state index in [0.29, 0.717) is 11.4 Å². The number of hydrogen-bond donors (Lipinski definition) is 2. The Morgan fingerprint density at radius 2 is 1.58 bits per heavy atom. The lowest BCUT2D eigenvalue weighted by Crippen LogP contribution is -2.19. The van der Waals surface area contributed by atoms with Crippen LogP contribution in [0.15, 0.2) is 72.8 Å². The summed E-state index contributed by atoms with van der Waals surface area (Å²) in [5, 5.41) is 18.7. The molecule has 1 fully saturated rings. The molecule has 0 unspecified atom stereocenters. The first-order valence-corrected chi connectivity index (χ1v) is 10.4. The van der Waals surface area contributed by atoms with Gasteiger partial charge in [0.1, 0.15) is 5.69 Å². The SMILES string of the molecule is O=C(Nc1ccc(-c2ccc(N3CCCC3)nn2)cc1)c1cc(-c2ccccc2)n[nH]1. The van der Waals surface area contributed by atoms with Gasteiger partial charge >= 0.3 is 0 Å². The predicted octanol–water partition coefficient (Wildman–Crippen LogP) is 4.39. The minimum Gasteiger partial charge on any atom is -0.355 e. The standard InChI is InChI=1S/C24H22N6O/c31-24(22-16-21(27-28-22)17-6-2-1-3-7-17)25-19-10-8-18(9-11-19)20-12-13-23(29-26-20)30-14-4-5-15-30/h1-3,6-13,16H,4-5,14-15H2,(H,25,31)(H,27,28). The largest absolute Gasteiger partial charge is 0.355 e. The average Bonchev–Trinajstić information content (AvgIpc) is 3.53. The van der Waals surface area contributed by atoms with Gasteiger partial charge in [0.05, 0.1) is 11.4 Å². The van der Waals surface area contributed by atoms with Crippen molar-refractivity contribution in [3.63, 3.8) is 0 Å². The Labute approximate surface area is 180 Å². The topological polar surface area (TPSA) is 86.8 Å². The van der Waals surface area contributed by atoms with E-state index in [1.165, 1.54) is 12.8 Å². The number of carbonyl (C=O) groups excluding carboxylic acids is 1. The van der Waals surface area contributed by atoms with Gasteiger partial charge in [0.15, 0.2) is 5.82 Å². The highest BCUT2D eigenvalue weighted by Crippen LogP contribution is 2.23. The second-order valence-corrected chi connectivity index (χ2v) is 7.54. The number of anilines is 2. The van der Waals surface area contributed by atoms with Gasteiger partial charge in [-0.2, -0.15) is 5.10 Å². The van der Waals surface area contributed by atoms with Crippen LogP contribution in [0.2, 0.25) is 0 Å². The zero-order valence-corrected chi connectivity index (χ0v) is 17.0. The van der Waals surface area contributed by atoms with Crippen LogP contribution < -0.4 is 10.2 Å². The van der Waals surface area contributed by atoms with E-state index >= 15 is 0 Å². The molecule has 1 aliphatic rings. The number of rotatable bonds is 5. The fraction of sp³-hybridized carbons (Fsp3) is 0.167. The number of aromatic amines is 1. The van der Waals surface area contributed by atoms with Crippen LogP contribution in [0.3, 0.4) is 0 Å². The molecule has 1 aliphatic heterocycles. The van der Waals surface area contributed by atoms with Gasteiger partial charge in [0.2, 0.25) is 0 Å². The van der Waals surface area contributed by atoms with Crippen LogP contribution in [0, 0.1) is 0 Å².